The summed E-state index contributed by atoms with van der Waals surface area (Å²) in [5.41, 5.74) is 5.37. The molecule has 6 N–H and O–H groups in total. The predicted molar refractivity (Wildman–Crippen MR) is 133 cm³/mol. The van der Waals surface area contributed by atoms with Crippen LogP contribution in [0.25, 0.3) is 0 Å². The molecule has 0 heterocycles. The van der Waals surface area contributed by atoms with Gasteiger partial charge >= 0.3 is 16.4 Å². The van der Waals surface area contributed by atoms with Gasteiger partial charge in [0, 0.05) is 17.8 Å². The average Bonchev–Trinajstić information content (AvgIpc) is 2.79. The molecule has 0 aromatic heterocycles. The summed E-state index contributed by atoms with van der Waals surface area (Å²) in [6.45, 7) is -0.862. The van der Waals surface area contributed by atoms with Crippen LogP contribution >= 0.6 is 0 Å². The maximum atomic E-state index is 12.7. The second-order valence-electron chi connectivity index (χ2n) is 7.07. The molecule has 0 aliphatic heterocycles. The molecular formula is C18H23N5O12S3. The molecule has 0 aliphatic rings. The summed E-state index contributed by atoms with van der Waals surface area (Å²) in [5.74, 6) is -1.92. The quantitative estimate of drug-likeness (QED) is 0.162. The van der Waals surface area contributed by atoms with E-state index in [2.05, 4.69) is 25.0 Å². The highest BCUT2D eigenvalue weighted by Gasteiger charge is 2.24. The third kappa shape index (κ3) is 9.39. The van der Waals surface area contributed by atoms with Crippen molar-refractivity contribution in [1.82, 2.24) is 0 Å². The van der Waals surface area contributed by atoms with E-state index in [1.165, 1.54) is 38.5 Å². The van der Waals surface area contributed by atoms with Crippen molar-refractivity contribution < 1.29 is 52.8 Å². The molecule has 2 aromatic rings. The second kappa shape index (κ2) is 12.3. The first-order chi connectivity index (χ1) is 17.5. The van der Waals surface area contributed by atoms with Crippen molar-refractivity contribution in [3.63, 3.8) is 0 Å². The normalized spacial score (nSPS) is 12.3. The van der Waals surface area contributed by atoms with E-state index in [4.69, 9.17) is 24.3 Å². The van der Waals surface area contributed by atoms with Crippen molar-refractivity contribution in [3.05, 3.63) is 30.3 Å². The number of anilines is 2. The molecule has 20 heteroatoms. The molecule has 0 radical (unpaired) electrons. The van der Waals surface area contributed by atoms with Crippen molar-refractivity contribution in [3.8, 4) is 11.5 Å². The number of hydrogen-bond donors (Lipinski definition) is 5. The van der Waals surface area contributed by atoms with Crippen molar-refractivity contribution in [2.45, 2.75) is 4.90 Å². The number of nitrogens with two attached hydrogens (primary N) is 1. The number of primary amides is 1. The number of nitrogens with one attached hydrogen (secondary N) is 2. The summed E-state index contributed by atoms with van der Waals surface area (Å²) >= 11 is 0. The summed E-state index contributed by atoms with van der Waals surface area (Å²) in [5, 5.41) is 12.7. The zero-order valence-electron chi connectivity index (χ0n) is 19.7. The van der Waals surface area contributed by atoms with Gasteiger partial charge in [-0.05, 0) is 18.2 Å². The van der Waals surface area contributed by atoms with Crippen molar-refractivity contribution in [2.24, 2.45) is 16.0 Å². The van der Waals surface area contributed by atoms with Crippen LogP contribution in [0.1, 0.15) is 0 Å². The Hall–Kier alpha value is -3.56. The molecule has 0 fully saturated rings. The molecule has 0 unspecified atom stereocenters. The number of benzene rings is 2. The van der Waals surface area contributed by atoms with Gasteiger partial charge in [0.15, 0.2) is 9.84 Å². The Labute approximate surface area is 217 Å². The lowest BCUT2D eigenvalue weighted by molar-refractivity contribution is 0.259. The summed E-state index contributed by atoms with van der Waals surface area (Å²) in [4.78, 5) is 11.0. The van der Waals surface area contributed by atoms with Gasteiger partial charge < -0.3 is 25.8 Å². The predicted octanol–water partition coefficient (Wildman–Crippen LogP) is 1.46. The fourth-order valence-electron chi connectivity index (χ4n) is 2.78. The Morgan fingerprint density at radius 1 is 0.947 bits per heavy atom. The standard InChI is InChI=1S/C18H23N5O12S3/c1-33-15-9-17(36(25,26)6-5-35-38(30,31)32)16(34-2)8-14(15)23-22-12-4-3-11(20-10-37(27,28)29)7-13(12)21-18(19)24/h3-4,7-9,20H,5-6,10H2,1-2H3,(H3,19,21,24)(H,27,28,29)(H,30,31,32). The highest BCUT2D eigenvalue weighted by atomic mass is 32.3. The second-order valence-corrected chi connectivity index (χ2v) is 11.7. The largest absolute Gasteiger partial charge is 0.495 e. The van der Waals surface area contributed by atoms with Crippen LogP contribution in [0.4, 0.5) is 27.5 Å². The van der Waals surface area contributed by atoms with Gasteiger partial charge in [-0.15, -0.1) is 10.2 Å². The van der Waals surface area contributed by atoms with Crippen molar-refractivity contribution in [2.75, 3.05) is 43.1 Å². The maximum Gasteiger partial charge on any atom is 0.397 e. The first-order valence-corrected chi connectivity index (χ1v) is 14.6. The zero-order valence-corrected chi connectivity index (χ0v) is 22.1. The Morgan fingerprint density at radius 2 is 1.58 bits per heavy atom. The fraction of sp³-hybridized carbons (Fsp3) is 0.278. The van der Waals surface area contributed by atoms with Crippen LogP contribution in [-0.2, 0) is 34.5 Å². The summed E-state index contributed by atoms with van der Waals surface area (Å²) in [7, 11) is -11.0. The van der Waals surface area contributed by atoms with Crippen LogP contribution in [0, 0.1) is 0 Å². The number of azo groups is 1. The number of carbonyl (C=O) groups is 1. The van der Waals surface area contributed by atoms with Crippen molar-refractivity contribution >= 4 is 59.1 Å². The number of carbonyl (C=O) groups excluding carboxylic acids is 1. The van der Waals surface area contributed by atoms with Crippen LogP contribution in [0.3, 0.4) is 0 Å². The van der Waals surface area contributed by atoms with Crippen LogP contribution in [0.2, 0.25) is 0 Å². The Balaban J connectivity index is 2.44. The molecular weight excluding hydrogens is 574 g/mol. The Bertz CT molecular complexity index is 1540. The molecule has 0 aliphatic carbocycles. The van der Waals surface area contributed by atoms with Gasteiger partial charge in [0.05, 0.1) is 32.3 Å². The molecule has 0 spiro atoms. The van der Waals surface area contributed by atoms with Gasteiger partial charge in [-0.3, -0.25) is 9.11 Å². The van der Waals surface area contributed by atoms with Gasteiger partial charge in [0.2, 0.25) is 0 Å². The number of ether oxygens (including phenoxy) is 2. The van der Waals surface area contributed by atoms with Gasteiger partial charge in [-0.2, -0.15) is 16.8 Å². The smallest absolute Gasteiger partial charge is 0.397 e. The lowest BCUT2D eigenvalue weighted by atomic mass is 10.2. The number of hydrogen-bond acceptors (Lipinski definition) is 13. The highest BCUT2D eigenvalue weighted by molar-refractivity contribution is 7.91. The molecule has 0 saturated heterocycles. The van der Waals surface area contributed by atoms with E-state index in [1.54, 1.807) is 0 Å². The number of amides is 2. The minimum Gasteiger partial charge on any atom is -0.495 e. The average molecular weight is 598 g/mol. The first kappa shape index (κ1) is 30.7. The third-order valence-electron chi connectivity index (χ3n) is 4.36. The SMILES string of the molecule is COc1cc(S(=O)(=O)CCOS(=O)(=O)O)c(OC)cc1N=Nc1ccc(NCS(=O)(=O)O)cc1NC(N)=O. The van der Waals surface area contributed by atoms with E-state index in [1.807, 2.05) is 0 Å². The molecule has 2 amide bonds. The zero-order chi connectivity index (χ0) is 28.7. The Morgan fingerprint density at radius 3 is 2.13 bits per heavy atom. The van der Waals surface area contributed by atoms with E-state index in [-0.39, 0.29) is 39.1 Å². The van der Waals surface area contributed by atoms with E-state index in [0.717, 1.165) is 6.07 Å². The minimum atomic E-state index is -4.85. The van der Waals surface area contributed by atoms with E-state index in [0.29, 0.717) is 0 Å². The van der Waals surface area contributed by atoms with E-state index >= 15 is 0 Å². The number of nitrogens with zero attached hydrogens (tertiary/aromatic N) is 2. The number of sulfone groups is 1. The first-order valence-electron chi connectivity index (χ1n) is 9.96. The molecule has 2 rings (SSSR count). The van der Waals surface area contributed by atoms with Crippen LogP contribution in [0.15, 0.2) is 45.5 Å². The molecule has 38 heavy (non-hydrogen) atoms. The number of rotatable bonds is 13. The van der Waals surface area contributed by atoms with Crippen molar-refractivity contribution in [1.29, 1.82) is 0 Å². The number of methoxy groups -OCH3 is 2. The van der Waals surface area contributed by atoms with Gasteiger partial charge in [0.25, 0.3) is 10.1 Å². The maximum absolute atomic E-state index is 12.7. The third-order valence-corrected chi connectivity index (χ3v) is 7.03. The molecule has 210 valence electrons. The summed E-state index contributed by atoms with van der Waals surface area (Å²) in [6.07, 6.45) is 0. The van der Waals surface area contributed by atoms with Crippen LogP contribution in [-0.4, -0.2) is 72.8 Å². The van der Waals surface area contributed by atoms with Crippen LogP contribution < -0.4 is 25.8 Å². The lowest BCUT2D eigenvalue weighted by Gasteiger charge is -2.13. The molecule has 0 atom stereocenters. The van der Waals surface area contributed by atoms with Gasteiger partial charge in [0.1, 0.15) is 33.6 Å². The molecule has 0 bridgehead atoms. The fourth-order valence-corrected chi connectivity index (χ4v) is 4.79. The monoisotopic (exact) mass is 597 g/mol. The molecule has 2 aromatic carbocycles. The molecule has 17 nitrogen and oxygen atoms in total. The number of urea groups is 1. The van der Waals surface area contributed by atoms with Crippen LogP contribution in [0.5, 0.6) is 11.5 Å². The summed E-state index contributed by atoms with van der Waals surface area (Å²) in [6, 6.07) is 5.22. The highest BCUT2D eigenvalue weighted by Crippen LogP contribution is 2.39. The minimum absolute atomic E-state index is 0.00514. The topological polar surface area (TPSA) is 262 Å². The summed E-state index contributed by atoms with van der Waals surface area (Å²) < 4.78 is 101. The lowest BCUT2D eigenvalue weighted by Crippen LogP contribution is -2.19. The van der Waals surface area contributed by atoms with Gasteiger partial charge in [-0.1, -0.05) is 0 Å². The van der Waals surface area contributed by atoms with Gasteiger partial charge in [-0.25, -0.2) is 17.4 Å². The molecule has 0 saturated carbocycles. The van der Waals surface area contributed by atoms with E-state index < -0.39 is 54.6 Å². The van der Waals surface area contributed by atoms with E-state index in [9.17, 15) is 30.0 Å². The Kier molecular flexibility index (Phi) is 9.94.